The van der Waals surface area contributed by atoms with Crippen LogP contribution in [0.15, 0.2) is 24.5 Å². The molecule has 1 atom stereocenters. The first kappa shape index (κ1) is 13.5. The van der Waals surface area contributed by atoms with Crippen molar-refractivity contribution in [3.8, 4) is 0 Å². The van der Waals surface area contributed by atoms with E-state index in [1.807, 2.05) is 12.4 Å². The van der Waals surface area contributed by atoms with E-state index in [1.165, 1.54) is 37.9 Å². The van der Waals surface area contributed by atoms with Crippen LogP contribution in [0.2, 0.25) is 0 Å². The lowest BCUT2D eigenvalue weighted by Gasteiger charge is -2.22. The fraction of sp³-hybridized carbons (Fsp3) is 0.667. The molecule has 100 valence electrons. The molecule has 1 unspecified atom stereocenters. The highest BCUT2D eigenvalue weighted by Crippen LogP contribution is 2.13. The van der Waals surface area contributed by atoms with Crippen molar-refractivity contribution in [3.63, 3.8) is 0 Å². The summed E-state index contributed by atoms with van der Waals surface area (Å²) < 4.78 is 5.71. The monoisotopic (exact) mass is 248 g/mol. The molecule has 1 saturated heterocycles. The van der Waals surface area contributed by atoms with Crippen molar-refractivity contribution in [3.05, 3.63) is 30.1 Å². The van der Waals surface area contributed by atoms with Crippen LogP contribution < -0.4 is 5.32 Å². The van der Waals surface area contributed by atoms with Crippen molar-refractivity contribution in [2.75, 3.05) is 26.3 Å². The third-order valence-corrected chi connectivity index (χ3v) is 3.57. The van der Waals surface area contributed by atoms with E-state index in [0.29, 0.717) is 0 Å². The third kappa shape index (κ3) is 5.15. The SMILES string of the molecule is c1cc(CCCOCCC2CCCNC2)ccn1. The van der Waals surface area contributed by atoms with Gasteiger partial charge in [0.2, 0.25) is 0 Å². The van der Waals surface area contributed by atoms with Gasteiger partial charge in [0.15, 0.2) is 0 Å². The van der Waals surface area contributed by atoms with E-state index in [1.54, 1.807) is 0 Å². The van der Waals surface area contributed by atoms with Crippen molar-refractivity contribution in [2.45, 2.75) is 32.1 Å². The second-order valence-electron chi connectivity index (χ2n) is 5.07. The van der Waals surface area contributed by atoms with Crippen LogP contribution in [0.25, 0.3) is 0 Å². The van der Waals surface area contributed by atoms with Crippen molar-refractivity contribution in [1.29, 1.82) is 0 Å². The minimum atomic E-state index is 0.832. The average Bonchev–Trinajstić information content (AvgIpc) is 2.45. The molecule has 0 spiro atoms. The van der Waals surface area contributed by atoms with Crippen molar-refractivity contribution < 1.29 is 4.74 Å². The Balaban J connectivity index is 1.46. The zero-order valence-electron chi connectivity index (χ0n) is 11.1. The maximum atomic E-state index is 5.71. The number of hydrogen-bond donors (Lipinski definition) is 1. The van der Waals surface area contributed by atoms with E-state index in [2.05, 4.69) is 22.4 Å². The van der Waals surface area contributed by atoms with Crippen LogP contribution in [0.3, 0.4) is 0 Å². The van der Waals surface area contributed by atoms with Gasteiger partial charge in [-0.05, 0) is 68.8 Å². The number of nitrogens with one attached hydrogen (secondary N) is 1. The Morgan fingerprint density at radius 1 is 1.28 bits per heavy atom. The van der Waals surface area contributed by atoms with Gasteiger partial charge in [-0.3, -0.25) is 4.98 Å². The van der Waals surface area contributed by atoms with Crippen molar-refractivity contribution >= 4 is 0 Å². The summed E-state index contributed by atoms with van der Waals surface area (Å²) in [4.78, 5) is 4.02. The second-order valence-corrected chi connectivity index (χ2v) is 5.07. The molecular formula is C15H24N2O. The summed E-state index contributed by atoms with van der Waals surface area (Å²) >= 11 is 0. The molecule has 0 aromatic carbocycles. The number of piperidine rings is 1. The molecule has 3 heteroatoms. The zero-order valence-corrected chi connectivity index (χ0v) is 11.1. The summed E-state index contributed by atoms with van der Waals surface area (Å²) in [6.45, 7) is 4.18. The van der Waals surface area contributed by atoms with Gasteiger partial charge >= 0.3 is 0 Å². The maximum absolute atomic E-state index is 5.71. The lowest BCUT2D eigenvalue weighted by Crippen LogP contribution is -2.30. The van der Waals surface area contributed by atoms with Gasteiger partial charge in [0.05, 0.1) is 0 Å². The quantitative estimate of drug-likeness (QED) is 0.752. The number of hydrogen-bond acceptors (Lipinski definition) is 3. The summed E-state index contributed by atoms with van der Waals surface area (Å²) in [6, 6.07) is 4.15. The molecule has 0 aliphatic carbocycles. The van der Waals surface area contributed by atoms with Gasteiger partial charge in [0.1, 0.15) is 0 Å². The third-order valence-electron chi connectivity index (χ3n) is 3.57. The van der Waals surface area contributed by atoms with Gasteiger partial charge in [0.25, 0.3) is 0 Å². The molecule has 0 saturated carbocycles. The molecular weight excluding hydrogens is 224 g/mol. The van der Waals surface area contributed by atoms with Crippen LogP contribution in [0, 0.1) is 5.92 Å². The topological polar surface area (TPSA) is 34.1 Å². The largest absolute Gasteiger partial charge is 0.381 e. The van der Waals surface area contributed by atoms with Gasteiger partial charge in [-0.1, -0.05) is 0 Å². The van der Waals surface area contributed by atoms with Crippen LogP contribution in [0.1, 0.15) is 31.2 Å². The molecule has 0 amide bonds. The molecule has 18 heavy (non-hydrogen) atoms. The van der Waals surface area contributed by atoms with E-state index in [0.717, 1.165) is 32.0 Å². The Morgan fingerprint density at radius 3 is 2.94 bits per heavy atom. The minimum Gasteiger partial charge on any atom is -0.381 e. The molecule has 2 heterocycles. The molecule has 2 rings (SSSR count). The highest BCUT2D eigenvalue weighted by Gasteiger charge is 2.11. The lowest BCUT2D eigenvalue weighted by molar-refractivity contribution is 0.114. The molecule has 1 aromatic rings. The summed E-state index contributed by atoms with van der Waals surface area (Å²) in [5.41, 5.74) is 1.35. The number of nitrogens with zero attached hydrogens (tertiary/aromatic N) is 1. The predicted octanol–water partition coefficient (Wildman–Crippen LogP) is 2.42. The summed E-state index contributed by atoms with van der Waals surface area (Å²) in [5.74, 6) is 0.832. The Morgan fingerprint density at radius 2 is 2.17 bits per heavy atom. The van der Waals surface area contributed by atoms with E-state index >= 15 is 0 Å². The fourth-order valence-corrected chi connectivity index (χ4v) is 2.45. The average molecular weight is 248 g/mol. The minimum absolute atomic E-state index is 0.832. The van der Waals surface area contributed by atoms with Crippen molar-refractivity contribution in [1.82, 2.24) is 10.3 Å². The van der Waals surface area contributed by atoms with Gasteiger partial charge < -0.3 is 10.1 Å². The van der Waals surface area contributed by atoms with Crippen molar-refractivity contribution in [2.24, 2.45) is 5.92 Å². The maximum Gasteiger partial charge on any atom is 0.0469 e. The van der Waals surface area contributed by atoms with Crippen LogP contribution in [0.5, 0.6) is 0 Å². The Hall–Kier alpha value is -0.930. The first-order chi connectivity index (χ1) is 8.95. The number of rotatable bonds is 7. The molecule has 0 radical (unpaired) electrons. The van der Waals surface area contributed by atoms with Crippen LogP contribution in [-0.4, -0.2) is 31.3 Å². The summed E-state index contributed by atoms with van der Waals surface area (Å²) in [7, 11) is 0. The van der Waals surface area contributed by atoms with Gasteiger partial charge in [-0.25, -0.2) is 0 Å². The number of aryl methyl sites for hydroxylation is 1. The Kier molecular flexibility index (Phi) is 6.17. The zero-order chi connectivity index (χ0) is 12.5. The smallest absolute Gasteiger partial charge is 0.0469 e. The number of pyridine rings is 1. The standard InChI is InChI=1S/C15H24N2O/c1-3-15(13-17-8-1)7-12-18-11-2-4-14-5-9-16-10-6-14/h5-6,9-10,15,17H,1-4,7-8,11-13H2. The first-order valence-corrected chi connectivity index (χ1v) is 7.12. The molecule has 3 nitrogen and oxygen atoms in total. The van der Waals surface area contributed by atoms with E-state index in [-0.39, 0.29) is 0 Å². The molecule has 1 N–H and O–H groups in total. The van der Waals surface area contributed by atoms with E-state index in [9.17, 15) is 0 Å². The molecule has 0 bridgehead atoms. The highest BCUT2D eigenvalue weighted by molar-refractivity contribution is 5.09. The van der Waals surface area contributed by atoms with E-state index in [4.69, 9.17) is 4.74 Å². The summed E-state index contributed by atoms with van der Waals surface area (Å²) in [5, 5.41) is 3.45. The van der Waals surface area contributed by atoms with Crippen LogP contribution in [0.4, 0.5) is 0 Å². The van der Waals surface area contributed by atoms with Crippen LogP contribution >= 0.6 is 0 Å². The number of aromatic nitrogens is 1. The Labute approximate surface area is 110 Å². The molecule has 1 fully saturated rings. The van der Waals surface area contributed by atoms with Gasteiger partial charge in [0, 0.05) is 25.6 Å². The lowest BCUT2D eigenvalue weighted by atomic mass is 9.97. The first-order valence-electron chi connectivity index (χ1n) is 7.12. The van der Waals surface area contributed by atoms with Crippen LogP contribution in [-0.2, 0) is 11.2 Å². The van der Waals surface area contributed by atoms with E-state index < -0.39 is 0 Å². The number of ether oxygens (including phenoxy) is 1. The molecule has 1 aliphatic heterocycles. The molecule has 1 aliphatic rings. The highest BCUT2D eigenvalue weighted by atomic mass is 16.5. The van der Waals surface area contributed by atoms with Gasteiger partial charge in [-0.15, -0.1) is 0 Å². The normalized spacial score (nSPS) is 19.9. The second kappa shape index (κ2) is 8.22. The Bertz CT molecular complexity index is 310. The van der Waals surface area contributed by atoms with Gasteiger partial charge in [-0.2, -0.15) is 0 Å². The summed E-state index contributed by atoms with van der Waals surface area (Å²) in [6.07, 6.45) is 9.81. The predicted molar refractivity (Wildman–Crippen MR) is 73.6 cm³/mol. The fourth-order valence-electron chi connectivity index (χ4n) is 2.45. The molecule has 1 aromatic heterocycles.